The van der Waals surface area contributed by atoms with Crippen LogP contribution in [0.25, 0.3) is 0 Å². The third-order valence-electron chi connectivity index (χ3n) is 5.44. The van der Waals surface area contributed by atoms with Crippen LogP contribution in [0, 0.1) is 23.7 Å². The van der Waals surface area contributed by atoms with Crippen molar-refractivity contribution < 1.29 is 9.84 Å². The van der Waals surface area contributed by atoms with Crippen molar-refractivity contribution in [3.05, 3.63) is 0 Å². The molecule has 0 aromatic heterocycles. The molecule has 0 aromatic rings. The average Bonchev–Trinajstić information content (AvgIpc) is 2.31. The third kappa shape index (κ3) is 2.02. The molecule has 3 nitrogen and oxygen atoms in total. The van der Waals surface area contributed by atoms with Crippen molar-refractivity contribution in [2.24, 2.45) is 23.7 Å². The van der Waals surface area contributed by atoms with E-state index in [0.29, 0.717) is 11.8 Å². The molecule has 0 unspecified atom stereocenters. The lowest BCUT2D eigenvalue weighted by Crippen LogP contribution is -2.61. The van der Waals surface area contributed by atoms with Crippen LogP contribution in [0.3, 0.4) is 0 Å². The first kappa shape index (κ1) is 11.9. The van der Waals surface area contributed by atoms with Gasteiger partial charge in [-0.2, -0.15) is 0 Å². The van der Waals surface area contributed by atoms with Crippen molar-refractivity contribution in [3.8, 4) is 0 Å². The van der Waals surface area contributed by atoms with Gasteiger partial charge in [0.05, 0.1) is 12.2 Å². The highest BCUT2D eigenvalue weighted by atomic mass is 16.5. The molecule has 0 spiro atoms. The second-order valence-corrected chi connectivity index (χ2v) is 6.47. The Morgan fingerprint density at radius 2 is 1.71 bits per heavy atom. The summed E-state index contributed by atoms with van der Waals surface area (Å²) in [5.41, 5.74) is -0.416. The largest absolute Gasteiger partial charge is 0.388 e. The van der Waals surface area contributed by atoms with Crippen molar-refractivity contribution in [1.82, 2.24) is 5.32 Å². The molecule has 3 heteroatoms. The average molecular weight is 239 g/mol. The zero-order valence-corrected chi connectivity index (χ0v) is 10.8. The van der Waals surface area contributed by atoms with Gasteiger partial charge in [-0.3, -0.25) is 0 Å². The minimum atomic E-state index is -0.416. The number of hydrogen-bond donors (Lipinski definition) is 2. The lowest BCUT2D eigenvalue weighted by Gasteiger charge is -2.59. The third-order valence-corrected chi connectivity index (χ3v) is 5.44. The molecule has 4 rings (SSSR count). The molecule has 17 heavy (non-hydrogen) atoms. The van der Waals surface area contributed by atoms with E-state index in [1.165, 1.54) is 32.1 Å². The SMILES string of the molecule is COCCNCC1(O)C2CC3CC(C2)CC1C3. The first-order chi connectivity index (χ1) is 8.22. The molecule has 4 aliphatic rings. The van der Waals surface area contributed by atoms with Crippen molar-refractivity contribution in [2.45, 2.75) is 37.7 Å². The smallest absolute Gasteiger partial charge is 0.0827 e. The Labute approximate surface area is 104 Å². The summed E-state index contributed by atoms with van der Waals surface area (Å²) in [5, 5.41) is 14.4. The highest BCUT2D eigenvalue weighted by Crippen LogP contribution is 2.57. The first-order valence-corrected chi connectivity index (χ1v) is 7.14. The Kier molecular flexibility index (Phi) is 3.18. The lowest BCUT2D eigenvalue weighted by molar-refractivity contribution is -0.169. The highest BCUT2D eigenvalue weighted by Gasteiger charge is 2.56. The lowest BCUT2D eigenvalue weighted by atomic mass is 9.50. The maximum atomic E-state index is 11.0. The molecule has 0 atom stereocenters. The molecular formula is C14H25NO2. The standard InChI is InChI=1S/C14H25NO2/c1-17-3-2-15-9-14(16)12-5-10-4-11(7-12)8-13(14)6-10/h10-13,15-16H,2-9H2,1H3. The molecule has 0 saturated heterocycles. The van der Waals surface area contributed by atoms with Crippen LogP contribution in [0.15, 0.2) is 0 Å². The number of aliphatic hydroxyl groups is 1. The van der Waals surface area contributed by atoms with E-state index >= 15 is 0 Å². The summed E-state index contributed by atoms with van der Waals surface area (Å²) in [6, 6.07) is 0. The Morgan fingerprint density at radius 3 is 2.24 bits per heavy atom. The predicted octanol–water partition coefficient (Wildman–Crippen LogP) is 1.41. The van der Waals surface area contributed by atoms with Gasteiger partial charge < -0.3 is 15.2 Å². The van der Waals surface area contributed by atoms with Crippen LogP contribution in [0.5, 0.6) is 0 Å². The molecule has 4 aliphatic carbocycles. The Balaban J connectivity index is 1.61. The Hall–Kier alpha value is -0.120. The van der Waals surface area contributed by atoms with E-state index in [0.717, 1.165) is 31.5 Å². The van der Waals surface area contributed by atoms with Crippen molar-refractivity contribution >= 4 is 0 Å². The highest BCUT2D eigenvalue weighted by molar-refractivity contribution is 5.07. The van der Waals surface area contributed by atoms with Gasteiger partial charge in [-0.1, -0.05) is 0 Å². The summed E-state index contributed by atoms with van der Waals surface area (Å²) < 4.78 is 5.04. The van der Waals surface area contributed by atoms with Crippen LogP contribution >= 0.6 is 0 Å². The maximum Gasteiger partial charge on any atom is 0.0827 e. The van der Waals surface area contributed by atoms with Crippen LogP contribution in [-0.2, 0) is 4.74 Å². The molecule has 4 fully saturated rings. The Bertz CT molecular complexity index is 251. The van der Waals surface area contributed by atoms with Crippen molar-refractivity contribution in [3.63, 3.8) is 0 Å². The second kappa shape index (κ2) is 4.52. The van der Waals surface area contributed by atoms with Gasteiger partial charge in [-0.05, 0) is 55.8 Å². The fourth-order valence-corrected chi connectivity index (χ4v) is 4.75. The van der Waals surface area contributed by atoms with E-state index in [1.807, 2.05) is 0 Å². The predicted molar refractivity (Wildman–Crippen MR) is 66.7 cm³/mol. The normalized spacial score (nSPS) is 47.6. The van der Waals surface area contributed by atoms with Crippen molar-refractivity contribution in [2.75, 3.05) is 26.8 Å². The minimum Gasteiger partial charge on any atom is -0.388 e. The fraction of sp³-hybridized carbons (Fsp3) is 1.00. The molecule has 0 radical (unpaired) electrons. The quantitative estimate of drug-likeness (QED) is 0.713. The fourth-order valence-electron chi connectivity index (χ4n) is 4.75. The van der Waals surface area contributed by atoms with Crippen LogP contribution < -0.4 is 5.32 Å². The number of methoxy groups -OCH3 is 1. The summed E-state index contributed by atoms with van der Waals surface area (Å²) >= 11 is 0. The number of nitrogens with one attached hydrogen (secondary N) is 1. The maximum absolute atomic E-state index is 11.0. The zero-order chi connectivity index (χ0) is 11.9. The van der Waals surface area contributed by atoms with Gasteiger partial charge in [-0.15, -0.1) is 0 Å². The molecule has 0 amide bonds. The van der Waals surface area contributed by atoms with Gasteiger partial charge in [-0.25, -0.2) is 0 Å². The molecular weight excluding hydrogens is 214 g/mol. The van der Waals surface area contributed by atoms with Gasteiger partial charge in [0.1, 0.15) is 0 Å². The summed E-state index contributed by atoms with van der Waals surface area (Å²) in [7, 11) is 1.72. The number of hydrogen-bond acceptors (Lipinski definition) is 3. The molecule has 4 bridgehead atoms. The summed E-state index contributed by atoms with van der Waals surface area (Å²) in [5.74, 6) is 2.98. The van der Waals surface area contributed by atoms with Crippen LogP contribution in [0.4, 0.5) is 0 Å². The first-order valence-electron chi connectivity index (χ1n) is 7.14. The summed E-state index contributed by atoms with van der Waals surface area (Å²) in [6.45, 7) is 2.35. The molecule has 4 saturated carbocycles. The summed E-state index contributed by atoms with van der Waals surface area (Å²) in [4.78, 5) is 0. The van der Waals surface area contributed by atoms with Gasteiger partial charge in [0, 0.05) is 20.2 Å². The molecule has 2 N–H and O–H groups in total. The zero-order valence-electron chi connectivity index (χ0n) is 10.8. The van der Waals surface area contributed by atoms with E-state index in [4.69, 9.17) is 4.74 Å². The van der Waals surface area contributed by atoms with E-state index in [-0.39, 0.29) is 0 Å². The van der Waals surface area contributed by atoms with E-state index in [2.05, 4.69) is 5.32 Å². The molecule has 98 valence electrons. The van der Waals surface area contributed by atoms with Crippen LogP contribution in [0.2, 0.25) is 0 Å². The molecule has 0 aromatic carbocycles. The van der Waals surface area contributed by atoms with Crippen molar-refractivity contribution in [1.29, 1.82) is 0 Å². The van der Waals surface area contributed by atoms with E-state index < -0.39 is 5.60 Å². The Morgan fingerprint density at radius 1 is 1.12 bits per heavy atom. The van der Waals surface area contributed by atoms with Gasteiger partial charge in [0.15, 0.2) is 0 Å². The topological polar surface area (TPSA) is 41.5 Å². The number of rotatable bonds is 5. The van der Waals surface area contributed by atoms with E-state index in [1.54, 1.807) is 7.11 Å². The second-order valence-electron chi connectivity index (χ2n) is 6.47. The summed E-state index contributed by atoms with van der Waals surface area (Å²) in [6.07, 6.45) is 6.54. The van der Waals surface area contributed by atoms with Crippen LogP contribution in [-0.4, -0.2) is 37.5 Å². The molecule has 0 heterocycles. The molecule has 0 aliphatic heterocycles. The number of ether oxygens (including phenoxy) is 1. The monoisotopic (exact) mass is 239 g/mol. The van der Waals surface area contributed by atoms with Crippen LogP contribution in [0.1, 0.15) is 32.1 Å². The minimum absolute atomic E-state index is 0.416. The van der Waals surface area contributed by atoms with Gasteiger partial charge in [0.25, 0.3) is 0 Å². The van der Waals surface area contributed by atoms with Gasteiger partial charge >= 0.3 is 0 Å². The van der Waals surface area contributed by atoms with E-state index in [9.17, 15) is 5.11 Å². The van der Waals surface area contributed by atoms with Gasteiger partial charge in [0.2, 0.25) is 0 Å².